The molecule has 26 heavy (non-hydrogen) atoms. The molecule has 2 aromatic heterocycles. The lowest BCUT2D eigenvalue weighted by atomic mass is 10.0. The molecular weight excluding hydrogens is 328 g/mol. The highest BCUT2D eigenvalue weighted by atomic mass is 16.5. The molecule has 2 N–H and O–H groups in total. The van der Waals surface area contributed by atoms with E-state index in [1.807, 2.05) is 54.6 Å². The highest BCUT2D eigenvalue weighted by Crippen LogP contribution is 2.27. The summed E-state index contributed by atoms with van der Waals surface area (Å²) >= 11 is 0. The number of aromatic nitrogens is 3. The average Bonchev–Trinajstić information content (AvgIpc) is 2.68. The number of pyridine rings is 1. The molecular formula is C20H16N4O2. The molecule has 4 aromatic rings. The van der Waals surface area contributed by atoms with Crippen LogP contribution in [0.4, 0.5) is 11.6 Å². The van der Waals surface area contributed by atoms with E-state index in [9.17, 15) is 4.79 Å². The minimum atomic E-state index is -0.251. The van der Waals surface area contributed by atoms with E-state index in [0.29, 0.717) is 17.0 Å². The zero-order valence-electron chi connectivity index (χ0n) is 14.1. The SMILES string of the molecule is COc1cccc(-c2ccnc3nc(Nc4ccccc4)[nH]c(=O)c23)c1. The van der Waals surface area contributed by atoms with Crippen molar-refractivity contribution in [3.05, 3.63) is 77.2 Å². The summed E-state index contributed by atoms with van der Waals surface area (Å²) in [4.78, 5) is 24.2. The van der Waals surface area contributed by atoms with Gasteiger partial charge in [-0.25, -0.2) is 4.98 Å². The topological polar surface area (TPSA) is 79.9 Å². The molecule has 0 amide bonds. The van der Waals surface area contributed by atoms with Gasteiger partial charge in [0.15, 0.2) is 5.65 Å². The molecule has 0 spiro atoms. The third-order valence-electron chi connectivity index (χ3n) is 4.02. The predicted molar refractivity (Wildman–Crippen MR) is 102 cm³/mol. The van der Waals surface area contributed by atoms with Crippen LogP contribution in [0.15, 0.2) is 71.7 Å². The molecule has 0 radical (unpaired) electrons. The van der Waals surface area contributed by atoms with Crippen LogP contribution < -0.4 is 15.6 Å². The Kier molecular flexibility index (Phi) is 4.07. The summed E-state index contributed by atoms with van der Waals surface area (Å²) in [5.41, 5.74) is 2.59. The largest absolute Gasteiger partial charge is 0.497 e. The molecule has 0 aliphatic carbocycles. The zero-order valence-corrected chi connectivity index (χ0v) is 14.1. The molecule has 0 saturated carbocycles. The van der Waals surface area contributed by atoms with E-state index in [0.717, 1.165) is 22.6 Å². The van der Waals surface area contributed by atoms with Crippen LogP contribution in [0.1, 0.15) is 0 Å². The fraction of sp³-hybridized carbons (Fsp3) is 0.0500. The van der Waals surface area contributed by atoms with Crippen molar-refractivity contribution in [2.45, 2.75) is 0 Å². The highest BCUT2D eigenvalue weighted by Gasteiger charge is 2.12. The maximum atomic E-state index is 12.7. The predicted octanol–water partition coefficient (Wildman–Crippen LogP) is 3.74. The van der Waals surface area contributed by atoms with Crippen LogP contribution in [-0.4, -0.2) is 22.1 Å². The van der Waals surface area contributed by atoms with Crippen LogP contribution in [0.5, 0.6) is 5.75 Å². The van der Waals surface area contributed by atoms with Crippen LogP contribution >= 0.6 is 0 Å². The second-order valence-electron chi connectivity index (χ2n) is 5.69. The molecule has 0 aliphatic heterocycles. The molecule has 2 aromatic carbocycles. The Balaban J connectivity index is 1.83. The van der Waals surface area contributed by atoms with Gasteiger partial charge < -0.3 is 10.1 Å². The summed E-state index contributed by atoms with van der Waals surface area (Å²) in [6.45, 7) is 0. The van der Waals surface area contributed by atoms with E-state index in [4.69, 9.17) is 4.74 Å². The Morgan fingerprint density at radius 1 is 1.04 bits per heavy atom. The summed E-state index contributed by atoms with van der Waals surface area (Å²) < 4.78 is 5.28. The van der Waals surface area contributed by atoms with Gasteiger partial charge in [0.25, 0.3) is 5.56 Å². The number of benzene rings is 2. The number of fused-ring (bicyclic) bond motifs is 1. The van der Waals surface area contributed by atoms with E-state index in [2.05, 4.69) is 20.3 Å². The number of nitrogens with zero attached hydrogens (tertiary/aromatic N) is 2. The van der Waals surface area contributed by atoms with Crippen molar-refractivity contribution in [2.75, 3.05) is 12.4 Å². The van der Waals surface area contributed by atoms with Gasteiger partial charge in [0.2, 0.25) is 5.95 Å². The van der Waals surface area contributed by atoms with Crippen LogP contribution in [0.2, 0.25) is 0 Å². The second-order valence-corrected chi connectivity index (χ2v) is 5.69. The van der Waals surface area contributed by atoms with Gasteiger partial charge in [-0.1, -0.05) is 30.3 Å². The Morgan fingerprint density at radius 3 is 2.69 bits per heavy atom. The van der Waals surface area contributed by atoms with Crippen molar-refractivity contribution in [1.29, 1.82) is 0 Å². The Labute approximate surface area is 149 Å². The first kappa shape index (κ1) is 15.8. The fourth-order valence-corrected chi connectivity index (χ4v) is 2.81. The molecule has 2 heterocycles. The highest BCUT2D eigenvalue weighted by molar-refractivity contribution is 5.92. The molecule has 6 heteroatoms. The Morgan fingerprint density at radius 2 is 1.88 bits per heavy atom. The van der Waals surface area contributed by atoms with Crippen LogP contribution in [0.25, 0.3) is 22.2 Å². The first-order valence-electron chi connectivity index (χ1n) is 8.10. The number of aromatic amines is 1. The Bertz CT molecular complexity index is 1120. The summed E-state index contributed by atoms with van der Waals surface area (Å²) in [6.07, 6.45) is 1.65. The van der Waals surface area contributed by atoms with Gasteiger partial charge in [-0.15, -0.1) is 0 Å². The van der Waals surface area contributed by atoms with E-state index >= 15 is 0 Å². The third kappa shape index (κ3) is 3.00. The number of ether oxygens (including phenoxy) is 1. The smallest absolute Gasteiger partial charge is 0.262 e. The van der Waals surface area contributed by atoms with Crippen LogP contribution in [0.3, 0.4) is 0 Å². The average molecular weight is 344 g/mol. The number of hydrogen-bond acceptors (Lipinski definition) is 5. The molecule has 0 atom stereocenters. The quantitative estimate of drug-likeness (QED) is 0.589. The van der Waals surface area contributed by atoms with Gasteiger partial charge >= 0.3 is 0 Å². The third-order valence-corrected chi connectivity index (χ3v) is 4.02. The first-order chi connectivity index (χ1) is 12.7. The van der Waals surface area contributed by atoms with Gasteiger partial charge in [-0.3, -0.25) is 9.78 Å². The molecule has 4 rings (SSSR count). The zero-order chi connectivity index (χ0) is 17.9. The van der Waals surface area contributed by atoms with Crippen molar-refractivity contribution in [3.8, 4) is 16.9 Å². The van der Waals surface area contributed by atoms with Crippen molar-refractivity contribution in [1.82, 2.24) is 15.0 Å². The summed E-state index contributed by atoms with van der Waals surface area (Å²) in [6, 6.07) is 18.9. The second kappa shape index (κ2) is 6.68. The van der Waals surface area contributed by atoms with Crippen molar-refractivity contribution in [2.24, 2.45) is 0 Å². The van der Waals surface area contributed by atoms with E-state index in [-0.39, 0.29) is 5.56 Å². The molecule has 0 unspecified atom stereocenters. The standard InChI is InChI=1S/C20H16N4O2/c1-26-15-9-5-6-13(12-15)16-10-11-21-18-17(16)19(25)24-20(23-18)22-14-7-3-2-4-8-14/h2-12H,1H3,(H2,21,22,23,24,25). The summed E-state index contributed by atoms with van der Waals surface area (Å²) in [7, 11) is 1.61. The lowest BCUT2D eigenvalue weighted by Gasteiger charge is -2.09. The van der Waals surface area contributed by atoms with Gasteiger partial charge in [0.05, 0.1) is 12.5 Å². The molecule has 0 aliphatic rings. The number of hydrogen-bond donors (Lipinski definition) is 2. The first-order valence-corrected chi connectivity index (χ1v) is 8.10. The number of rotatable bonds is 4. The summed E-state index contributed by atoms with van der Waals surface area (Å²) in [5, 5.41) is 3.53. The van der Waals surface area contributed by atoms with Gasteiger partial charge in [0, 0.05) is 11.9 Å². The normalized spacial score (nSPS) is 10.7. The lowest BCUT2D eigenvalue weighted by Crippen LogP contribution is -2.13. The van der Waals surface area contributed by atoms with E-state index < -0.39 is 0 Å². The maximum absolute atomic E-state index is 12.7. The minimum Gasteiger partial charge on any atom is -0.497 e. The Hall–Kier alpha value is -3.67. The number of H-pyrrole nitrogens is 1. The molecule has 0 fully saturated rings. The molecule has 128 valence electrons. The molecule has 6 nitrogen and oxygen atoms in total. The van der Waals surface area contributed by atoms with E-state index in [1.165, 1.54) is 0 Å². The van der Waals surface area contributed by atoms with Crippen molar-refractivity contribution >= 4 is 22.7 Å². The number of para-hydroxylation sites is 1. The lowest BCUT2D eigenvalue weighted by molar-refractivity contribution is 0.415. The fourth-order valence-electron chi connectivity index (χ4n) is 2.81. The molecule has 0 saturated heterocycles. The van der Waals surface area contributed by atoms with E-state index in [1.54, 1.807) is 19.4 Å². The number of nitrogens with one attached hydrogen (secondary N) is 2. The van der Waals surface area contributed by atoms with Gasteiger partial charge in [0.1, 0.15) is 5.75 Å². The monoisotopic (exact) mass is 344 g/mol. The van der Waals surface area contributed by atoms with Crippen molar-refractivity contribution < 1.29 is 4.74 Å². The summed E-state index contributed by atoms with van der Waals surface area (Å²) in [5.74, 6) is 1.07. The number of methoxy groups -OCH3 is 1. The molecule has 0 bridgehead atoms. The van der Waals surface area contributed by atoms with Crippen molar-refractivity contribution in [3.63, 3.8) is 0 Å². The van der Waals surface area contributed by atoms with Crippen LogP contribution in [-0.2, 0) is 0 Å². The maximum Gasteiger partial charge on any atom is 0.262 e. The van der Waals surface area contributed by atoms with Gasteiger partial charge in [-0.05, 0) is 41.5 Å². The van der Waals surface area contributed by atoms with Gasteiger partial charge in [-0.2, -0.15) is 4.98 Å². The van der Waals surface area contributed by atoms with Crippen LogP contribution in [0, 0.1) is 0 Å². The number of anilines is 2. The minimum absolute atomic E-state index is 0.251.